The summed E-state index contributed by atoms with van der Waals surface area (Å²) in [6, 6.07) is 7.27. The maximum Gasteiger partial charge on any atom is 0.373 e. The van der Waals surface area contributed by atoms with Gasteiger partial charge in [-0.1, -0.05) is 50.3 Å². The summed E-state index contributed by atoms with van der Waals surface area (Å²) in [5, 5.41) is 0. The second-order valence-corrected chi connectivity index (χ2v) is 4.48. The molecule has 0 radical (unpaired) electrons. The van der Waals surface area contributed by atoms with Gasteiger partial charge in [-0.15, -0.1) is 0 Å². The van der Waals surface area contributed by atoms with Crippen molar-refractivity contribution in [3.8, 4) is 0 Å². The molecule has 1 aromatic carbocycles. The molecule has 0 aliphatic carbocycles. The van der Waals surface area contributed by atoms with E-state index in [0.717, 1.165) is 18.4 Å². The van der Waals surface area contributed by atoms with Crippen LogP contribution < -0.4 is 0 Å². The van der Waals surface area contributed by atoms with Crippen molar-refractivity contribution in [3.05, 3.63) is 35.4 Å². The van der Waals surface area contributed by atoms with Gasteiger partial charge in [0.05, 0.1) is 12.2 Å². The summed E-state index contributed by atoms with van der Waals surface area (Å²) < 4.78 is 0. The predicted molar refractivity (Wildman–Crippen MR) is 71.3 cm³/mol. The molecule has 0 aliphatic heterocycles. The van der Waals surface area contributed by atoms with E-state index in [2.05, 4.69) is 6.92 Å². The molecule has 0 unspecified atom stereocenters. The van der Waals surface area contributed by atoms with Gasteiger partial charge in [0.2, 0.25) is 0 Å². The van der Waals surface area contributed by atoms with E-state index in [1.54, 1.807) is 12.1 Å². The molecule has 0 aliphatic rings. The van der Waals surface area contributed by atoms with Crippen LogP contribution >= 0.6 is 0 Å². The number of rotatable bonds is 8. The highest BCUT2D eigenvalue weighted by atomic mass is 17.2. The highest BCUT2D eigenvalue weighted by Gasteiger charge is 2.07. The molecular weight excluding hydrogens is 228 g/mol. The third-order valence-corrected chi connectivity index (χ3v) is 2.72. The summed E-state index contributed by atoms with van der Waals surface area (Å²) in [7, 11) is 0. The molecule has 0 N–H and O–H groups in total. The van der Waals surface area contributed by atoms with Crippen molar-refractivity contribution in [3.63, 3.8) is 0 Å². The lowest BCUT2D eigenvalue weighted by molar-refractivity contribution is -0.241. The van der Waals surface area contributed by atoms with Gasteiger partial charge in [0, 0.05) is 0 Å². The zero-order valence-corrected chi connectivity index (χ0v) is 11.3. The van der Waals surface area contributed by atoms with E-state index in [0.29, 0.717) is 12.2 Å². The molecule has 0 fully saturated rings. The Bertz CT molecular complexity index is 361. The lowest BCUT2D eigenvalue weighted by Gasteiger charge is -2.04. The molecule has 0 amide bonds. The summed E-state index contributed by atoms with van der Waals surface area (Å²) in [4.78, 5) is 21.3. The van der Waals surface area contributed by atoms with Crippen LogP contribution in [0.4, 0.5) is 0 Å². The van der Waals surface area contributed by atoms with E-state index in [4.69, 9.17) is 9.78 Å². The highest BCUT2D eigenvalue weighted by molar-refractivity contribution is 5.89. The number of hydrogen-bond acceptors (Lipinski definition) is 3. The maximum atomic E-state index is 11.6. The molecule has 0 bridgehead atoms. The van der Waals surface area contributed by atoms with Crippen LogP contribution in [0.3, 0.4) is 0 Å². The van der Waals surface area contributed by atoms with Crippen LogP contribution in [-0.4, -0.2) is 12.6 Å². The summed E-state index contributed by atoms with van der Waals surface area (Å²) in [5.41, 5.74) is 1.56. The molecule has 0 aromatic heterocycles. The smallest absolute Gasteiger partial charge is 0.293 e. The van der Waals surface area contributed by atoms with Crippen molar-refractivity contribution >= 4 is 5.97 Å². The molecule has 100 valence electrons. The van der Waals surface area contributed by atoms with Crippen molar-refractivity contribution in [1.82, 2.24) is 0 Å². The number of unbranched alkanes of at least 4 members (excludes halogenated alkanes) is 4. The molecule has 0 heterocycles. The average Bonchev–Trinajstić information content (AvgIpc) is 2.37. The van der Waals surface area contributed by atoms with Crippen molar-refractivity contribution < 1.29 is 14.6 Å². The van der Waals surface area contributed by atoms with Gasteiger partial charge in [0.25, 0.3) is 0 Å². The van der Waals surface area contributed by atoms with E-state index in [1.165, 1.54) is 19.3 Å². The Kier molecular flexibility index (Phi) is 7.11. The third-order valence-electron chi connectivity index (χ3n) is 2.72. The Balaban J connectivity index is 2.14. The Morgan fingerprint density at radius 1 is 1.17 bits per heavy atom. The van der Waals surface area contributed by atoms with Crippen LogP contribution in [0.1, 0.15) is 54.9 Å². The highest BCUT2D eigenvalue weighted by Crippen LogP contribution is 2.07. The number of carbonyl (C=O) groups is 1. The molecule has 3 heteroatoms. The van der Waals surface area contributed by atoms with Gasteiger partial charge in [0.1, 0.15) is 0 Å². The van der Waals surface area contributed by atoms with E-state index < -0.39 is 5.97 Å². The number of benzene rings is 1. The fourth-order valence-electron chi connectivity index (χ4n) is 1.68. The first kappa shape index (κ1) is 14.7. The van der Waals surface area contributed by atoms with Crippen LogP contribution in [0.5, 0.6) is 0 Å². The Labute approximate surface area is 109 Å². The molecule has 0 saturated carbocycles. The fourth-order valence-corrected chi connectivity index (χ4v) is 1.68. The first-order valence-electron chi connectivity index (χ1n) is 6.64. The molecule has 0 spiro atoms. The topological polar surface area (TPSA) is 35.5 Å². The summed E-state index contributed by atoms with van der Waals surface area (Å²) in [6.07, 6.45) is 5.74. The standard InChI is InChI=1S/C15H22O3/c1-3-4-5-6-7-11-17-18-15(16)14-10-8-9-13(2)12-14/h8-10,12H,3-7,11H2,1-2H3. The minimum absolute atomic E-state index is 0.424. The quantitative estimate of drug-likeness (QED) is 0.396. The van der Waals surface area contributed by atoms with Gasteiger partial charge in [-0.2, -0.15) is 4.89 Å². The fraction of sp³-hybridized carbons (Fsp3) is 0.533. The molecule has 0 saturated heterocycles. The van der Waals surface area contributed by atoms with Crippen LogP contribution in [0, 0.1) is 6.92 Å². The normalized spacial score (nSPS) is 10.3. The first-order valence-corrected chi connectivity index (χ1v) is 6.64. The molecule has 0 atom stereocenters. The van der Waals surface area contributed by atoms with Gasteiger partial charge >= 0.3 is 5.97 Å². The molecule has 3 nitrogen and oxygen atoms in total. The minimum atomic E-state index is -0.424. The van der Waals surface area contributed by atoms with Crippen molar-refractivity contribution in [1.29, 1.82) is 0 Å². The summed E-state index contributed by atoms with van der Waals surface area (Å²) in [5.74, 6) is -0.424. The van der Waals surface area contributed by atoms with E-state index >= 15 is 0 Å². The van der Waals surface area contributed by atoms with Crippen LogP contribution in [0.25, 0.3) is 0 Å². The van der Waals surface area contributed by atoms with Crippen LogP contribution in [-0.2, 0) is 9.78 Å². The zero-order valence-electron chi connectivity index (χ0n) is 11.3. The largest absolute Gasteiger partial charge is 0.373 e. The zero-order chi connectivity index (χ0) is 13.2. The van der Waals surface area contributed by atoms with Gasteiger partial charge in [-0.25, -0.2) is 4.79 Å². The monoisotopic (exact) mass is 250 g/mol. The van der Waals surface area contributed by atoms with Crippen LogP contribution in [0.2, 0.25) is 0 Å². The van der Waals surface area contributed by atoms with E-state index in [9.17, 15) is 4.79 Å². The summed E-state index contributed by atoms with van der Waals surface area (Å²) >= 11 is 0. The summed E-state index contributed by atoms with van der Waals surface area (Å²) in [6.45, 7) is 4.59. The maximum absolute atomic E-state index is 11.6. The Morgan fingerprint density at radius 3 is 2.67 bits per heavy atom. The van der Waals surface area contributed by atoms with E-state index in [1.807, 2.05) is 19.1 Å². The third kappa shape index (κ3) is 5.82. The SMILES string of the molecule is CCCCCCCOOC(=O)c1cccc(C)c1. The van der Waals surface area contributed by atoms with Crippen molar-refractivity contribution in [2.24, 2.45) is 0 Å². The van der Waals surface area contributed by atoms with Gasteiger partial charge < -0.3 is 0 Å². The Morgan fingerprint density at radius 2 is 1.94 bits per heavy atom. The van der Waals surface area contributed by atoms with Gasteiger partial charge in [-0.3, -0.25) is 4.89 Å². The number of carbonyl (C=O) groups excluding carboxylic acids is 1. The minimum Gasteiger partial charge on any atom is -0.293 e. The van der Waals surface area contributed by atoms with E-state index in [-0.39, 0.29) is 0 Å². The average molecular weight is 250 g/mol. The van der Waals surface area contributed by atoms with Crippen molar-refractivity contribution in [2.45, 2.75) is 46.0 Å². The number of aryl methyl sites for hydroxylation is 1. The van der Waals surface area contributed by atoms with Gasteiger partial charge in [-0.05, 0) is 25.5 Å². The van der Waals surface area contributed by atoms with Crippen molar-refractivity contribution in [2.75, 3.05) is 6.61 Å². The lowest BCUT2D eigenvalue weighted by atomic mass is 10.1. The second-order valence-electron chi connectivity index (χ2n) is 4.48. The Hall–Kier alpha value is -1.35. The lowest BCUT2D eigenvalue weighted by Crippen LogP contribution is -2.07. The molecule has 1 aromatic rings. The molecule has 1 rings (SSSR count). The molecule has 18 heavy (non-hydrogen) atoms. The van der Waals surface area contributed by atoms with Crippen LogP contribution in [0.15, 0.2) is 24.3 Å². The number of hydrogen-bond donors (Lipinski definition) is 0. The molecular formula is C15H22O3. The second kappa shape index (κ2) is 8.70. The first-order chi connectivity index (χ1) is 8.74. The van der Waals surface area contributed by atoms with Gasteiger partial charge in [0.15, 0.2) is 0 Å². The predicted octanol–water partition coefficient (Wildman–Crippen LogP) is 4.05.